The van der Waals surface area contributed by atoms with Gasteiger partial charge in [-0.2, -0.15) is 4.98 Å². The van der Waals surface area contributed by atoms with Crippen molar-refractivity contribution in [2.45, 2.75) is 20.4 Å². The first-order valence-corrected chi connectivity index (χ1v) is 4.99. The average molecular weight is 210 g/mol. The van der Waals surface area contributed by atoms with Gasteiger partial charge in [-0.3, -0.25) is 0 Å². The smallest absolute Gasteiger partial charge is 0.269 e. The summed E-state index contributed by atoms with van der Waals surface area (Å²) in [7, 11) is 0. The van der Waals surface area contributed by atoms with E-state index >= 15 is 0 Å². The quantitative estimate of drug-likeness (QED) is 0.807. The van der Waals surface area contributed by atoms with Crippen molar-refractivity contribution < 1.29 is 4.52 Å². The van der Waals surface area contributed by atoms with Gasteiger partial charge in [0.1, 0.15) is 9.88 Å². The van der Waals surface area contributed by atoms with Crippen LogP contribution in [-0.2, 0) is 6.54 Å². The highest BCUT2D eigenvalue weighted by Crippen LogP contribution is 2.28. The molecule has 0 aliphatic heterocycles. The Morgan fingerprint density at radius 2 is 2.14 bits per heavy atom. The molecule has 0 spiro atoms. The number of aryl methyl sites for hydroxylation is 2. The third-order valence-corrected chi connectivity index (χ3v) is 2.91. The molecule has 0 atom stereocenters. The number of hydrogen-bond donors (Lipinski definition) is 1. The fraction of sp³-hybridized carbons (Fsp3) is 0.375. The third kappa shape index (κ3) is 1.53. The predicted octanol–water partition coefficient (Wildman–Crippen LogP) is 1.27. The summed E-state index contributed by atoms with van der Waals surface area (Å²) in [4.78, 5) is 9.33. The van der Waals surface area contributed by atoms with Crippen molar-refractivity contribution in [1.82, 2.24) is 15.1 Å². The van der Waals surface area contributed by atoms with Crippen LogP contribution >= 0.6 is 11.3 Å². The van der Waals surface area contributed by atoms with Gasteiger partial charge in [0.05, 0.1) is 5.69 Å². The molecule has 0 unspecified atom stereocenters. The van der Waals surface area contributed by atoms with Crippen molar-refractivity contribution in [2.24, 2.45) is 5.73 Å². The highest BCUT2D eigenvalue weighted by molar-refractivity contribution is 7.15. The predicted molar refractivity (Wildman–Crippen MR) is 52.8 cm³/mol. The summed E-state index contributed by atoms with van der Waals surface area (Å²) in [6.45, 7) is 4.14. The summed E-state index contributed by atoms with van der Waals surface area (Å²) < 4.78 is 5.06. The van der Waals surface area contributed by atoms with E-state index in [0.29, 0.717) is 18.3 Å². The van der Waals surface area contributed by atoms with Crippen LogP contribution in [0, 0.1) is 13.8 Å². The Morgan fingerprint density at radius 1 is 1.36 bits per heavy atom. The molecule has 6 heteroatoms. The molecule has 0 aliphatic carbocycles. The molecule has 0 saturated heterocycles. The Bertz CT molecular complexity index is 448. The van der Waals surface area contributed by atoms with Crippen LogP contribution in [0.3, 0.4) is 0 Å². The SMILES string of the molecule is Cc1noc(-c2sc(CN)nc2C)n1. The monoisotopic (exact) mass is 210 g/mol. The van der Waals surface area contributed by atoms with Gasteiger partial charge in [0, 0.05) is 6.54 Å². The molecular formula is C8H10N4OS. The van der Waals surface area contributed by atoms with E-state index in [0.717, 1.165) is 15.6 Å². The van der Waals surface area contributed by atoms with Gasteiger partial charge in [-0.25, -0.2) is 4.98 Å². The molecule has 0 fully saturated rings. The fourth-order valence-corrected chi connectivity index (χ4v) is 1.99. The van der Waals surface area contributed by atoms with Crippen LogP contribution in [-0.4, -0.2) is 15.1 Å². The van der Waals surface area contributed by atoms with E-state index in [-0.39, 0.29) is 0 Å². The summed E-state index contributed by atoms with van der Waals surface area (Å²) in [6.07, 6.45) is 0. The molecule has 0 bridgehead atoms. The van der Waals surface area contributed by atoms with Crippen LogP contribution in [0.2, 0.25) is 0 Å². The number of thiazole rings is 1. The van der Waals surface area contributed by atoms with Gasteiger partial charge >= 0.3 is 0 Å². The minimum Gasteiger partial charge on any atom is -0.333 e. The largest absolute Gasteiger partial charge is 0.333 e. The van der Waals surface area contributed by atoms with Crippen molar-refractivity contribution in [3.05, 3.63) is 16.5 Å². The van der Waals surface area contributed by atoms with Crippen molar-refractivity contribution in [1.29, 1.82) is 0 Å². The second-order valence-electron chi connectivity index (χ2n) is 2.87. The lowest BCUT2D eigenvalue weighted by Crippen LogP contribution is -1.94. The minimum atomic E-state index is 0.443. The topological polar surface area (TPSA) is 77.8 Å². The van der Waals surface area contributed by atoms with E-state index in [1.807, 2.05) is 6.92 Å². The summed E-state index contributed by atoms with van der Waals surface area (Å²) in [6, 6.07) is 0. The van der Waals surface area contributed by atoms with E-state index in [1.165, 1.54) is 11.3 Å². The maximum atomic E-state index is 5.50. The molecule has 5 nitrogen and oxygen atoms in total. The van der Waals surface area contributed by atoms with Crippen LogP contribution in [0.25, 0.3) is 10.8 Å². The Labute approximate surface area is 85.0 Å². The number of nitrogens with zero attached hydrogens (tertiary/aromatic N) is 3. The number of rotatable bonds is 2. The van der Waals surface area contributed by atoms with E-state index in [1.54, 1.807) is 6.92 Å². The Balaban J connectivity index is 2.45. The van der Waals surface area contributed by atoms with Crippen LogP contribution in [0.4, 0.5) is 0 Å². The lowest BCUT2D eigenvalue weighted by atomic mass is 10.4. The van der Waals surface area contributed by atoms with Crippen molar-refractivity contribution in [3.8, 4) is 10.8 Å². The molecule has 0 aromatic carbocycles. The van der Waals surface area contributed by atoms with Gasteiger partial charge in [0.25, 0.3) is 5.89 Å². The molecule has 0 radical (unpaired) electrons. The maximum Gasteiger partial charge on any atom is 0.269 e. The summed E-state index contributed by atoms with van der Waals surface area (Å²) in [5.41, 5.74) is 6.38. The van der Waals surface area contributed by atoms with Crippen LogP contribution in [0.15, 0.2) is 4.52 Å². The lowest BCUT2D eigenvalue weighted by Gasteiger charge is -1.86. The first-order chi connectivity index (χ1) is 6.70. The molecule has 74 valence electrons. The summed E-state index contributed by atoms with van der Waals surface area (Å²) in [5, 5.41) is 4.61. The zero-order valence-electron chi connectivity index (χ0n) is 7.94. The first kappa shape index (κ1) is 9.29. The molecule has 2 aromatic rings. The van der Waals surface area contributed by atoms with Crippen molar-refractivity contribution in [3.63, 3.8) is 0 Å². The Kier molecular flexibility index (Phi) is 2.30. The Morgan fingerprint density at radius 3 is 2.64 bits per heavy atom. The second-order valence-corrected chi connectivity index (χ2v) is 3.96. The minimum absolute atomic E-state index is 0.443. The van der Waals surface area contributed by atoms with Crippen LogP contribution in [0.5, 0.6) is 0 Å². The van der Waals surface area contributed by atoms with E-state index in [2.05, 4.69) is 15.1 Å². The second kappa shape index (κ2) is 3.47. The van der Waals surface area contributed by atoms with Crippen LogP contribution in [0.1, 0.15) is 16.5 Å². The van der Waals surface area contributed by atoms with E-state index < -0.39 is 0 Å². The van der Waals surface area contributed by atoms with Gasteiger partial charge in [-0.1, -0.05) is 5.16 Å². The standard InChI is InChI=1S/C8H10N4OS/c1-4-7(14-6(3-9)10-4)8-11-5(2)12-13-8/h3,9H2,1-2H3. The molecule has 2 N–H and O–H groups in total. The van der Waals surface area contributed by atoms with Crippen LogP contribution < -0.4 is 5.73 Å². The molecule has 0 amide bonds. The zero-order valence-corrected chi connectivity index (χ0v) is 8.76. The highest BCUT2D eigenvalue weighted by Gasteiger charge is 2.14. The average Bonchev–Trinajstić information content (AvgIpc) is 2.71. The molecular weight excluding hydrogens is 200 g/mol. The molecule has 0 aliphatic rings. The Hall–Kier alpha value is -1.27. The fourth-order valence-electron chi connectivity index (χ4n) is 1.13. The first-order valence-electron chi connectivity index (χ1n) is 4.17. The summed E-state index contributed by atoms with van der Waals surface area (Å²) >= 11 is 1.49. The third-order valence-electron chi connectivity index (χ3n) is 1.74. The number of aromatic nitrogens is 3. The lowest BCUT2D eigenvalue weighted by molar-refractivity contribution is 0.426. The molecule has 2 heterocycles. The van der Waals surface area contributed by atoms with E-state index in [4.69, 9.17) is 10.3 Å². The van der Waals surface area contributed by atoms with E-state index in [9.17, 15) is 0 Å². The van der Waals surface area contributed by atoms with Crippen molar-refractivity contribution >= 4 is 11.3 Å². The van der Waals surface area contributed by atoms with Gasteiger partial charge < -0.3 is 10.3 Å². The maximum absolute atomic E-state index is 5.50. The number of nitrogens with two attached hydrogens (primary N) is 1. The summed E-state index contributed by atoms with van der Waals surface area (Å²) in [5.74, 6) is 1.15. The number of hydrogen-bond acceptors (Lipinski definition) is 6. The molecule has 14 heavy (non-hydrogen) atoms. The molecule has 2 rings (SSSR count). The molecule has 2 aromatic heterocycles. The normalized spacial score (nSPS) is 10.8. The highest BCUT2D eigenvalue weighted by atomic mass is 32.1. The molecule has 0 saturated carbocycles. The van der Waals surface area contributed by atoms with Gasteiger partial charge in [-0.05, 0) is 13.8 Å². The van der Waals surface area contributed by atoms with Crippen molar-refractivity contribution in [2.75, 3.05) is 0 Å². The van der Waals surface area contributed by atoms with Gasteiger partial charge in [-0.15, -0.1) is 11.3 Å². The van der Waals surface area contributed by atoms with Gasteiger partial charge in [0.15, 0.2) is 5.82 Å². The zero-order chi connectivity index (χ0) is 10.1. The van der Waals surface area contributed by atoms with Gasteiger partial charge in [0.2, 0.25) is 0 Å².